The Bertz CT molecular complexity index is 1150. The maximum Gasteiger partial charge on any atom is 0.256 e. The number of amides is 2. The van der Waals surface area contributed by atoms with Crippen LogP contribution in [0.1, 0.15) is 12.0 Å². The molecule has 0 aliphatic carbocycles. The second-order valence-electron chi connectivity index (χ2n) is 7.54. The highest BCUT2D eigenvalue weighted by molar-refractivity contribution is 7.80. The van der Waals surface area contributed by atoms with Crippen molar-refractivity contribution in [3.05, 3.63) is 89.4 Å². The van der Waals surface area contributed by atoms with E-state index in [2.05, 4.69) is 5.32 Å². The number of thiocarbonyl (C=S) groups is 1. The molecule has 1 heterocycles. The first-order valence-electron chi connectivity index (χ1n) is 10.3. The lowest BCUT2D eigenvalue weighted by molar-refractivity contribution is -0.124. The number of anilines is 2. The number of rotatable bonds is 7. The standard InChI is InChI=1S/C25H22ClN3O3S/c1-32-21-13-7-17(8-14-21)16-28-22(15-23(30)27-19-11-9-18(26)10-12-19)24(31)29(25(28)33)20-5-3-2-4-6-20/h2-14,22H,15-16H2,1H3,(H,27,30)/t22-/m0/s1. The van der Waals surface area contributed by atoms with Gasteiger partial charge >= 0.3 is 0 Å². The molecule has 0 unspecified atom stereocenters. The fourth-order valence-corrected chi connectivity index (χ4v) is 4.19. The number of methoxy groups -OCH3 is 1. The third kappa shape index (κ3) is 5.16. The number of ether oxygens (including phenoxy) is 1. The zero-order chi connectivity index (χ0) is 23.4. The number of halogens is 1. The molecule has 6 nitrogen and oxygen atoms in total. The Balaban J connectivity index is 1.58. The fraction of sp³-hybridized carbons (Fsp3) is 0.160. The third-order valence-corrected chi connectivity index (χ3v) is 6.02. The Morgan fingerprint density at radius 1 is 1.03 bits per heavy atom. The first kappa shape index (κ1) is 22.8. The summed E-state index contributed by atoms with van der Waals surface area (Å²) in [6, 6.07) is 22.9. The molecule has 1 N–H and O–H groups in total. The highest BCUT2D eigenvalue weighted by Crippen LogP contribution is 2.29. The van der Waals surface area contributed by atoms with E-state index >= 15 is 0 Å². The number of para-hydroxylation sites is 1. The van der Waals surface area contributed by atoms with Gasteiger partial charge in [-0.1, -0.05) is 41.9 Å². The highest BCUT2D eigenvalue weighted by atomic mass is 35.5. The molecule has 3 aromatic rings. The summed E-state index contributed by atoms with van der Waals surface area (Å²) in [7, 11) is 1.61. The average molecular weight is 480 g/mol. The lowest BCUT2D eigenvalue weighted by Gasteiger charge is -2.24. The number of hydrogen-bond donors (Lipinski definition) is 1. The van der Waals surface area contributed by atoms with Gasteiger partial charge in [-0.05, 0) is 66.3 Å². The number of carbonyl (C=O) groups is 2. The maximum atomic E-state index is 13.4. The van der Waals surface area contributed by atoms with Crippen molar-refractivity contribution in [1.29, 1.82) is 0 Å². The van der Waals surface area contributed by atoms with Crippen molar-refractivity contribution in [2.45, 2.75) is 19.0 Å². The van der Waals surface area contributed by atoms with Crippen LogP contribution in [0.5, 0.6) is 5.75 Å². The number of hydrogen-bond acceptors (Lipinski definition) is 4. The van der Waals surface area contributed by atoms with Crippen molar-refractivity contribution in [3.63, 3.8) is 0 Å². The minimum absolute atomic E-state index is 0.0406. The van der Waals surface area contributed by atoms with Gasteiger partial charge in [0.2, 0.25) is 5.91 Å². The highest BCUT2D eigenvalue weighted by Gasteiger charge is 2.44. The van der Waals surface area contributed by atoms with E-state index in [0.717, 1.165) is 11.3 Å². The van der Waals surface area contributed by atoms with Gasteiger partial charge in [0.25, 0.3) is 5.91 Å². The smallest absolute Gasteiger partial charge is 0.256 e. The van der Waals surface area contributed by atoms with Crippen molar-refractivity contribution in [2.75, 3.05) is 17.3 Å². The van der Waals surface area contributed by atoms with Crippen LogP contribution in [0.2, 0.25) is 5.02 Å². The van der Waals surface area contributed by atoms with E-state index in [1.54, 1.807) is 36.3 Å². The van der Waals surface area contributed by atoms with E-state index in [1.165, 1.54) is 4.90 Å². The summed E-state index contributed by atoms with van der Waals surface area (Å²) in [4.78, 5) is 29.6. The van der Waals surface area contributed by atoms with Crippen LogP contribution in [0.4, 0.5) is 11.4 Å². The van der Waals surface area contributed by atoms with E-state index in [0.29, 0.717) is 28.1 Å². The summed E-state index contributed by atoms with van der Waals surface area (Å²) < 4.78 is 5.23. The van der Waals surface area contributed by atoms with Crippen LogP contribution in [-0.4, -0.2) is 35.0 Å². The minimum Gasteiger partial charge on any atom is -0.497 e. The molecule has 2 amide bonds. The number of carbonyl (C=O) groups excluding carboxylic acids is 2. The van der Waals surface area contributed by atoms with E-state index < -0.39 is 6.04 Å². The normalized spacial score (nSPS) is 15.6. The van der Waals surface area contributed by atoms with Crippen LogP contribution < -0.4 is 15.0 Å². The van der Waals surface area contributed by atoms with Crippen molar-refractivity contribution in [3.8, 4) is 5.75 Å². The molecule has 33 heavy (non-hydrogen) atoms. The van der Waals surface area contributed by atoms with Crippen LogP contribution in [0.15, 0.2) is 78.9 Å². The molecule has 1 saturated heterocycles. The van der Waals surface area contributed by atoms with Gasteiger partial charge in [-0.3, -0.25) is 14.5 Å². The first-order chi connectivity index (χ1) is 16.0. The quantitative estimate of drug-likeness (QED) is 0.489. The molecule has 0 radical (unpaired) electrons. The molecule has 1 atom stereocenters. The van der Waals surface area contributed by atoms with Gasteiger partial charge in [0.05, 0.1) is 19.2 Å². The number of nitrogens with zero attached hydrogens (tertiary/aromatic N) is 2. The summed E-state index contributed by atoms with van der Waals surface area (Å²) in [5, 5.41) is 3.77. The Labute approximate surface area is 202 Å². The van der Waals surface area contributed by atoms with Crippen LogP contribution >= 0.6 is 23.8 Å². The lowest BCUT2D eigenvalue weighted by atomic mass is 10.1. The van der Waals surface area contributed by atoms with Crippen molar-refractivity contribution in [2.24, 2.45) is 0 Å². The summed E-state index contributed by atoms with van der Waals surface area (Å²) >= 11 is 11.6. The van der Waals surface area contributed by atoms with E-state index in [1.807, 2.05) is 54.6 Å². The van der Waals surface area contributed by atoms with Gasteiger partial charge in [0, 0.05) is 17.3 Å². The van der Waals surface area contributed by atoms with E-state index in [-0.39, 0.29) is 18.2 Å². The second-order valence-corrected chi connectivity index (χ2v) is 8.34. The topological polar surface area (TPSA) is 61.9 Å². The summed E-state index contributed by atoms with van der Waals surface area (Å²) in [6.07, 6.45) is -0.0406. The molecule has 0 spiro atoms. The fourth-order valence-electron chi connectivity index (χ4n) is 3.68. The largest absolute Gasteiger partial charge is 0.497 e. The average Bonchev–Trinajstić information content (AvgIpc) is 3.05. The minimum atomic E-state index is -0.730. The van der Waals surface area contributed by atoms with Gasteiger partial charge in [-0.25, -0.2) is 0 Å². The molecule has 0 aromatic heterocycles. The second kappa shape index (κ2) is 10.0. The molecule has 8 heteroatoms. The van der Waals surface area contributed by atoms with Crippen LogP contribution in [0.25, 0.3) is 0 Å². The van der Waals surface area contributed by atoms with Gasteiger partial charge in [-0.2, -0.15) is 0 Å². The third-order valence-electron chi connectivity index (χ3n) is 5.35. The first-order valence-corrected chi connectivity index (χ1v) is 11.1. The zero-order valence-corrected chi connectivity index (χ0v) is 19.5. The monoisotopic (exact) mass is 479 g/mol. The Morgan fingerprint density at radius 2 is 1.70 bits per heavy atom. The maximum absolute atomic E-state index is 13.4. The SMILES string of the molecule is COc1ccc(CN2C(=S)N(c3ccccc3)C(=O)[C@@H]2CC(=O)Nc2ccc(Cl)cc2)cc1. The number of benzene rings is 3. The van der Waals surface area contributed by atoms with Crippen LogP contribution in [-0.2, 0) is 16.1 Å². The van der Waals surface area contributed by atoms with Gasteiger partial charge in [0.1, 0.15) is 11.8 Å². The molecular formula is C25H22ClN3O3S. The predicted octanol–water partition coefficient (Wildman–Crippen LogP) is 4.88. The molecule has 0 bridgehead atoms. The molecular weight excluding hydrogens is 458 g/mol. The molecule has 0 saturated carbocycles. The summed E-state index contributed by atoms with van der Waals surface area (Å²) in [6.45, 7) is 0.386. The van der Waals surface area contributed by atoms with Crippen molar-refractivity contribution >= 4 is 52.1 Å². The van der Waals surface area contributed by atoms with Crippen molar-refractivity contribution < 1.29 is 14.3 Å². The Morgan fingerprint density at radius 3 is 2.33 bits per heavy atom. The van der Waals surface area contributed by atoms with Crippen LogP contribution in [0.3, 0.4) is 0 Å². The Kier molecular flexibility index (Phi) is 6.91. The summed E-state index contributed by atoms with van der Waals surface area (Å²) in [5.41, 5.74) is 2.23. The Hall–Kier alpha value is -3.42. The lowest BCUT2D eigenvalue weighted by Crippen LogP contribution is -2.37. The van der Waals surface area contributed by atoms with Crippen molar-refractivity contribution in [1.82, 2.24) is 4.90 Å². The van der Waals surface area contributed by atoms with Gasteiger partial charge in [0.15, 0.2) is 5.11 Å². The van der Waals surface area contributed by atoms with Gasteiger partial charge in [-0.15, -0.1) is 0 Å². The van der Waals surface area contributed by atoms with E-state index in [9.17, 15) is 9.59 Å². The van der Waals surface area contributed by atoms with Gasteiger partial charge < -0.3 is 15.0 Å². The molecule has 4 rings (SSSR count). The zero-order valence-electron chi connectivity index (χ0n) is 17.9. The molecule has 1 aliphatic rings. The summed E-state index contributed by atoms with van der Waals surface area (Å²) in [5.74, 6) is 0.225. The number of nitrogens with one attached hydrogen (secondary N) is 1. The predicted molar refractivity (Wildman–Crippen MR) is 134 cm³/mol. The van der Waals surface area contributed by atoms with Crippen LogP contribution in [0, 0.1) is 0 Å². The molecule has 168 valence electrons. The molecule has 3 aromatic carbocycles. The molecule has 1 fully saturated rings. The van der Waals surface area contributed by atoms with E-state index in [4.69, 9.17) is 28.6 Å². The molecule has 1 aliphatic heterocycles.